The first-order chi connectivity index (χ1) is 4.65. The average molecular weight is 362 g/mol. The van der Waals surface area contributed by atoms with Crippen molar-refractivity contribution in [1.29, 1.82) is 0 Å². The molecule has 13 N–H and O–H groups in total. The number of hydrogen-bond acceptors (Lipinski definition) is 1. The molecular formula is C5H24Cl3CoO7. The molecule has 0 atom stereocenters. The van der Waals surface area contributed by atoms with Gasteiger partial charge in [0.25, 0.3) is 0 Å². The van der Waals surface area contributed by atoms with Crippen LogP contribution in [0.3, 0.4) is 0 Å². The second-order valence-electron chi connectivity index (χ2n) is 1.57. The summed E-state index contributed by atoms with van der Waals surface area (Å²) in [5, 5.41) is 8.20. The molecular weight excluding hydrogens is 337 g/mol. The Morgan fingerprint density at radius 1 is 0.812 bits per heavy atom. The zero-order valence-corrected chi connectivity index (χ0v) is 12.1. The molecule has 0 amide bonds. The summed E-state index contributed by atoms with van der Waals surface area (Å²) in [7, 11) is 13.4. The fraction of sp³-hybridized carbons (Fsp3) is 1.00. The van der Waals surface area contributed by atoms with E-state index in [1.165, 1.54) is 6.42 Å². The molecule has 0 saturated heterocycles. The number of hydrogen-bond donors (Lipinski definition) is 1. The zero-order chi connectivity index (χ0) is 8.41. The molecule has 0 aliphatic heterocycles. The normalized spacial score (nSPS) is 6.19. The molecule has 0 aliphatic carbocycles. The van der Waals surface area contributed by atoms with Crippen molar-refractivity contribution in [1.82, 2.24) is 0 Å². The SMILES string of the molecule is CCCCCO.O.O.O.O.O.O.[Cl][Co]([Cl])[Cl]. The Kier molecular flexibility index (Phi) is 187. The summed E-state index contributed by atoms with van der Waals surface area (Å²) in [6, 6.07) is 0. The Morgan fingerprint density at radius 3 is 1.12 bits per heavy atom. The standard InChI is InChI=1S/C5H12O.3ClH.Co.6H2O/c1-2-3-4-5-6;;;;;;;;;;/h6H,2-5H2,1H3;3*1H;;6*1H2/q;;;;+3;;;;;;/p-3. The van der Waals surface area contributed by atoms with Crippen molar-refractivity contribution in [3.8, 4) is 0 Å². The van der Waals surface area contributed by atoms with Crippen molar-refractivity contribution < 1.29 is 48.9 Å². The van der Waals surface area contributed by atoms with Crippen LogP contribution >= 0.6 is 30.4 Å². The van der Waals surface area contributed by atoms with Crippen LogP contribution in [0.15, 0.2) is 0 Å². The van der Waals surface area contributed by atoms with Gasteiger partial charge in [-0.15, -0.1) is 0 Å². The molecule has 16 heavy (non-hydrogen) atoms. The summed E-state index contributed by atoms with van der Waals surface area (Å²) in [6.45, 7) is 2.48. The molecule has 0 aromatic rings. The second-order valence-corrected chi connectivity index (χ2v) is 6.73. The van der Waals surface area contributed by atoms with Crippen LogP contribution in [0.2, 0.25) is 0 Å². The first kappa shape index (κ1) is 53.5. The quantitative estimate of drug-likeness (QED) is 0.571. The number of aliphatic hydroxyl groups excluding tert-OH is 1. The van der Waals surface area contributed by atoms with Gasteiger partial charge in [-0.1, -0.05) is 19.8 Å². The van der Waals surface area contributed by atoms with Crippen LogP contribution in [-0.2, 0) is 10.9 Å². The number of aliphatic hydroxyl groups is 1. The van der Waals surface area contributed by atoms with Gasteiger partial charge in [0.2, 0.25) is 0 Å². The maximum absolute atomic E-state index is 8.20. The summed E-state index contributed by atoms with van der Waals surface area (Å²) in [5.74, 6) is 0. The van der Waals surface area contributed by atoms with Gasteiger partial charge in [0.15, 0.2) is 0 Å². The first-order valence-electron chi connectivity index (χ1n) is 2.90. The summed E-state index contributed by atoms with van der Waals surface area (Å²) in [4.78, 5) is 0. The van der Waals surface area contributed by atoms with Crippen molar-refractivity contribution in [2.45, 2.75) is 26.2 Å². The third-order valence-electron chi connectivity index (χ3n) is 0.762. The molecule has 0 heterocycles. The zero-order valence-electron chi connectivity index (χ0n) is 8.74. The minimum atomic E-state index is -1.19. The van der Waals surface area contributed by atoms with E-state index >= 15 is 0 Å². The molecule has 116 valence electrons. The summed E-state index contributed by atoms with van der Waals surface area (Å²) in [6.07, 6.45) is 3.33. The van der Waals surface area contributed by atoms with Crippen molar-refractivity contribution in [3.05, 3.63) is 0 Å². The number of rotatable bonds is 3. The predicted molar refractivity (Wildman–Crippen MR) is 65.9 cm³/mol. The molecule has 0 aliphatic rings. The van der Waals surface area contributed by atoms with E-state index in [1.807, 2.05) is 0 Å². The second kappa shape index (κ2) is 56.0. The third kappa shape index (κ3) is 179. The van der Waals surface area contributed by atoms with E-state index in [9.17, 15) is 0 Å². The molecule has 0 radical (unpaired) electrons. The predicted octanol–water partition coefficient (Wildman–Crippen LogP) is -1.71. The van der Waals surface area contributed by atoms with E-state index < -0.39 is 10.9 Å². The van der Waals surface area contributed by atoms with E-state index in [4.69, 9.17) is 35.5 Å². The Labute approximate surface area is 112 Å². The Hall–Kier alpha value is 1.10. The van der Waals surface area contributed by atoms with Gasteiger partial charge in [-0.3, -0.25) is 0 Å². The Bertz CT molecular complexity index is 58.5. The van der Waals surface area contributed by atoms with Gasteiger partial charge in [-0.2, -0.15) is 0 Å². The Morgan fingerprint density at radius 2 is 1.06 bits per heavy atom. The third-order valence-corrected chi connectivity index (χ3v) is 0.762. The van der Waals surface area contributed by atoms with Gasteiger partial charge < -0.3 is 38.0 Å². The summed E-state index contributed by atoms with van der Waals surface area (Å²) >= 11 is 0. The van der Waals surface area contributed by atoms with Gasteiger partial charge in [0.05, 0.1) is 0 Å². The van der Waals surface area contributed by atoms with Crippen molar-refractivity contribution in [3.63, 3.8) is 0 Å². The van der Waals surface area contributed by atoms with E-state index in [2.05, 4.69) is 6.92 Å². The van der Waals surface area contributed by atoms with E-state index in [-0.39, 0.29) is 32.9 Å². The van der Waals surface area contributed by atoms with Crippen molar-refractivity contribution >= 4 is 30.4 Å². The number of halogens is 3. The van der Waals surface area contributed by atoms with Gasteiger partial charge in [-0.05, 0) is 6.42 Å². The van der Waals surface area contributed by atoms with Crippen LogP contribution in [0, 0.1) is 0 Å². The number of unbranched alkanes of at least 4 members (excludes halogenated alkanes) is 2. The molecule has 0 unspecified atom stereocenters. The van der Waals surface area contributed by atoms with Crippen LogP contribution in [0.25, 0.3) is 0 Å². The molecule has 0 aromatic heterocycles. The van der Waals surface area contributed by atoms with Crippen LogP contribution < -0.4 is 0 Å². The Balaban J connectivity index is -0.00000001000. The molecule has 7 nitrogen and oxygen atoms in total. The molecule has 11 heteroatoms. The maximum atomic E-state index is 8.20. The van der Waals surface area contributed by atoms with Crippen molar-refractivity contribution in [2.75, 3.05) is 6.61 Å². The first-order valence-corrected chi connectivity index (χ1v) is 7.20. The van der Waals surface area contributed by atoms with Crippen LogP contribution in [0.1, 0.15) is 26.2 Å². The molecule has 0 saturated carbocycles. The molecule has 0 rings (SSSR count). The van der Waals surface area contributed by atoms with Gasteiger partial charge >= 0.3 is 41.4 Å². The van der Waals surface area contributed by atoms with Crippen molar-refractivity contribution in [2.24, 2.45) is 0 Å². The molecule has 0 fully saturated rings. The topological polar surface area (TPSA) is 209 Å². The molecule has 0 aromatic carbocycles. The minimum absolute atomic E-state index is 0. The van der Waals surface area contributed by atoms with Crippen LogP contribution in [0.5, 0.6) is 0 Å². The van der Waals surface area contributed by atoms with Gasteiger partial charge in [0, 0.05) is 6.61 Å². The average Bonchev–Trinajstić information content (AvgIpc) is 1.82. The van der Waals surface area contributed by atoms with E-state index in [0.717, 1.165) is 12.8 Å². The molecule has 0 spiro atoms. The van der Waals surface area contributed by atoms with E-state index in [1.54, 1.807) is 0 Å². The summed E-state index contributed by atoms with van der Waals surface area (Å²) in [5.41, 5.74) is 0. The van der Waals surface area contributed by atoms with E-state index in [0.29, 0.717) is 6.61 Å². The van der Waals surface area contributed by atoms with Gasteiger partial charge in [-0.25, -0.2) is 0 Å². The van der Waals surface area contributed by atoms with Crippen LogP contribution in [-0.4, -0.2) is 44.6 Å². The fourth-order valence-electron chi connectivity index (χ4n) is 0.362. The molecule has 0 bridgehead atoms. The fourth-order valence-corrected chi connectivity index (χ4v) is 0.362. The van der Waals surface area contributed by atoms with Gasteiger partial charge in [0.1, 0.15) is 0 Å². The van der Waals surface area contributed by atoms with Crippen LogP contribution in [0.4, 0.5) is 0 Å². The summed E-state index contributed by atoms with van der Waals surface area (Å²) < 4.78 is 0. The monoisotopic (exact) mass is 360 g/mol.